The van der Waals surface area contributed by atoms with Crippen LogP contribution in [0.3, 0.4) is 0 Å². The van der Waals surface area contributed by atoms with Gasteiger partial charge in [0, 0.05) is 67.1 Å². The second-order valence-electron chi connectivity index (χ2n) is 11.6. The summed E-state index contributed by atoms with van der Waals surface area (Å²) in [6, 6.07) is 18.9. The van der Waals surface area contributed by atoms with Crippen molar-refractivity contribution in [1.29, 1.82) is 0 Å². The fraction of sp³-hybridized carbons (Fsp3) is 0. The van der Waals surface area contributed by atoms with E-state index in [9.17, 15) is 19.2 Å². The summed E-state index contributed by atoms with van der Waals surface area (Å²) < 4.78 is 0. The van der Waals surface area contributed by atoms with Crippen LogP contribution in [-0.2, 0) is 16.8 Å². The molecule has 4 aromatic carbocycles. The first-order valence-corrected chi connectivity index (χ1v) is 16.6. The van der Waals surface area contributed by atoms with Gasteiger partial charge in [0.1, 0.15) is 0 Å². The van der Waals surface area contributed by atoms with Crippen molar-refractivity contribution in [2.24, 2.45) is 0 Å². The average molecular weight is 821 g/mol. The minimum absolute atomic E-state index is 0. The van der Waals surface area contributed by atoms with Gasteiger partial charge in [-0.15, -0.1) is 0 Å². The Kier molecular flexibility index (Phi) is 8.44. The number of halogens is 4. The summed E-state index contributed by atoms with van der Waals surface area (Å²) in [5.74, 6) is 0.671. The van der Waals surface area contributed by atoms with E-state index in [4.69, 9.17) is 86.3 Å². The molecule has 0 aliphatic carbocycles. The van der Waals surface area contributed by atoms with Gasteiger partial charge in [0.2, 0.25) is 0 Å². The Bertz CT molecular complexity index is 3020. The third-order valence-corrected chi connectivity index (χ3v) is 9.48. The van der Waals surface area contributed by atoms with Gasteiger partial charge in [-0.05, 0) is 116 Å². The number of fused-ring (bicyclic) bond motifs is 20. The smallest absolute Gasteiger partial charge is 0.357 e. The summed E-state index contributed by atoms with van der Waals surface area (Å²) in [7, 11) is 0. The van der Waals surface area contributed by atoms with Crippen LogP contribution in [0.4, 0.5) is 0 Å². The molecule has 0 spiro atoms. The maximum Gasteiger partial charge on any atom is 2.00 e. The van der Waals surface area contributed by atoms with Gasteiger partial charge < -0.3 is 29.9 Å². The van der Waals surface area contributed by atoms with Crippen LogP contribution in [0.2, 0.25) is 0 Å². The SMILES string of the molecule is O=C(Cl)c1ccc2c(c1)-c1nc-2nc2[n-]c(nc3nc(nc4[n-]c(n1)c1ccc(C(=O)Cl)cc41)-c1cc(C(=O)Cl)ccc1-3)c1cc(C(=O)Cl)ccc21.[Co+2]. The van der Waals surface area contributed by atoms with Crippen LogP contribution in [-0.4, -0.2) is 50.9 Å². The quantitative estimate of drug-likeness (QED) is 0.159. The van der Waals surface area contributed by atoms with E-state index in [1.54, 1.807) is 48.5 Å². The van der Waals surface area contributed by atoms with Gasteiger partial charge in [0.25, 0.3) is 21.0 Å². The van der Waals surface area contributed by atoms with Crippen molar-refractivity contribution in [1.82, 2.24) is 39.9 Å². The number of hydrogen-bond acceptors (Lipinski definition) is 10. The molecule has 0 fully saturated rings. The van der Waals surface area contributed by atoms with E-state index < -0.39 is 21.0 Å². The van der Waals surface area contributed by atoms with Crippen molar-refractivity contribution >= 4 is 112 Å². The molecule has 257 valence electrons. The first-order valence-electron chi connectivity index (χ1n) is 15.1. The van der Waals surface area contributed by atoms with Crippen molar-refractivity contribution in [2.45, 2.75) is 0 Å². The van der Waals surface area contributed by atoms with Gasteiger partial charge >= 0.3 is 16.8 Å². The molecule has 0 unspecified atom stereocenters. The monoisotopic (exact) mass is 819 g/mol. The van der Waals surface area contributed by atoms with E-state index in [1.165, 1.54) is 24.3 Å². The summed E-state index contributed by atoms with van der Waals surface area (Å²) >= 11 is 23.4. The molecule has 7 aromatic rings. The molecule has 0 N–H and O–H groups in total. The van der Waals surface area contributed by atoms with Crippen LogP contribution < -0.4 is 9.97 Å². The van der Waals surface area contributed by atoms with Crippen LogP contribution in [0.25, 0.3) is 89.7 Å². The Morgan fingerprint density at radius 2 is 0.679 bits per heavy atom. The third kappa shape index (κ3) is 5.78. The second-order valence-corrected chi connectivity index (χ2v) is 13.0. The molecular formula is C36H12Cl4CoN8O4. The van der Waals surface area contributed by atoms with Crippen molar-refractivity contribution in [3.8, 4) is 45.6 Å². The summed E-state index contributed by atoms with van der Waals surface area (Å²) in [5.41, 5.74) is 3.33. The molecule has 9 rings (SSSR count). The van der Waals surface area contributed by atoms with E-state index in [-0.39, 0.29) is 84.9 Å². The minimum Gasteiger partial charge on any atom is -0.357 e. The first-order chi connectivity index (χ1) is 25.0. The van der Waals surface area contributed by atoms with E-state index >= 15 is 0 Å². The number of benzene rings is 4. The van der Waals surface area contributed by atoms with E-state index in [0.29, 0.717) is 43.8 Å². The van der Waals surface area contributed by atoms with Crippen molar-refractivity contribution in [3.63, 3.8) is 0 Å². The molecule has 2 aliphatic heterocycles. The number of hydrogen-bond donors (Lipinski definition) is 0. The van der Waals surface area contributed by atoms with Crippen LogP contribution in [0, 0.1) is 0 Å². The molecule has 8 bridgehead atoms. The number of rotatable bonds is 4. The molecule has 3 aromatic heterocycles. The molecule has 1 radical (unpaired) electrons. The number of carbonyl (C=O) groups excluding carboxylic acids is 4. The molecule has 0 saturated carbocycles. The molecule has 53 heavy (non-hydrogen) atoms. The Balaban J connectivity index is 0.00000400. The molecule has 2 aliphatic rings. The predicted octanol–water partition coefficient (Wildman–Crippen LogP) is 7.64. The molecule has 5 heterocycles. The van der Waals surface area contributed by atoms with Crippen molar-refractivity contribution in [2.75, 3.05) is 0 Å². The molecule has 0 saturated heterocycles. The van der Waals surface area contributed by atoms with E-state index in [2.05, 4.69) is 0 Å². The number of aromatic nitrogens is 8. The summed E-state index contributed by atoms with van der Waals surface area (Å²) in [6.45, 7) is 0. The Hall–Kier alpha value is -5.41. The van der Waals surface area contributed by atoms with E-state index in [0.717, 1.165) is 0 Å². The summed E-state index contributed by atoms with van der Waals surface area (Å²) in [5, 5.41) is -0.885. The van der Waals surface area contributed by atoms with Crippen molar-refractivity contribution < 1.29 is 36.0 Å². The van der Waals surface area contributed by atoms with Gasteiger partial charge in [-0.1, -0.05) is 24.3 Å². The molecule has 0 amide bonds. The zero-order chi connectivity index (χ0) is 36.0. The second kappa shape index (κ2) is 12.9. The Labute approximate surface area is 326 Å². The van der Waals surface area contributed by atoms with Gasteiger partial charge in [-0.2, -0.15) is 0 Å². The first kappa shape index (κ1) is 34.7. The Morgan fingerprint density at radius 1 is 0.377 bits per heavy atom. The minimum atomic E-state index is -0.699. The molecular weight excluding hydrogens is 809 g/mol. The predicted molar refractivity (Wildman–Crippen MR) is 195 cm³/mol. The summed E-state index contributed by atoms with van der Waals surface area (Å²) in [6.07, 6.45) is 0. The molecule has 0 atom stereocenters. The van der Waals surface area contributed by atoms with Gasteiger partial charge in [-0.25, -0.2) is 9.97 Å². The standard InChI is InChI=1S/C36H13Cl4N8O4.Co/c37-25(49)13-1-5-17-21(9-13)33-42-29(17)41-30-18-6-2-14(26(38)50)10-22(18)34(43-30)45-32-20-8-4-16(28(40)52)12-24(20)36(47-32)48-35-23-11-15(27(39)51)3-7-19(23)31(44-33)46-35;/h1-12H,(H-,41,42,43,44,45,46,47,48,49,50,51,52);/q-1;+2/p-1. The normalized spacial score (nSPS) is 11.5. The topological polar surface area (TPSA) is 174 Å². The van der Waals surface area contributed by atoms with Crippen LogP contribution in [0.5, 0.6) is 0 Å². The fourth-order valence-electron chi connectivity index (χ4n) is 6.15. The molecule has 12 nitrogen and oxygen atoms in total. The summed E-state index contributed by atoms with van der Waals surface area (Å²) in [4.78, 5) is 87.0. The van der Waals surface area contributed by atoms with Crippen LogP contribution in [0.1, 0.15) is 41.4 Å². The van der Waals surface area contributed by atoms with Gasteiger partial charge in [0.05, 0.1) is 23.3 Å². The number of nitrogens with zero attached hydrogens (tertiary/aromatic N) is 8. The average Bonchev–Trinajstić information content (AvgIpc) is 3.85. The van der Waals surface area contributed by atoms with Crippen LogP contribution in [0.15, 0.2) is 72.8 Å². The Morgan fingerprint density at radius 3 is 1.04 bits per heavy atom. The van der Waals surface area contributed by atoms with Crippen molar-refractivity contribution in [3.05, 3.63) is 95.1 Å². The zero-order valence-corrected chi connectivity index (χ0v) is 30.0. The zero-order valence-electron chi connectivity index (χ0n) is 26.0. The van der Waals surface area contributed by atoms with Crippen LogP contribution >= 0.6 is 46.4 Å². The van der Waals surface area contributed by atoms with Gasteiger partial charge in [0.15, 0.2) is 0 Å². The largest absolute Gasteiger partial charge is 2.00 e. The van der Waals surface area contributed by atoms with E-state index in [1.807, 2.05) is 0 Å². The fourth-order valence-corrected chi connectivity index (χ4v) is 6.62. The molecule has 17 heteroatoms. The van der Waals surface area contributed by atoms with Gasteiger partial charge in [-0.3, -0.25) is 19.2 Å². The third-order valence-electron chi connectivity index (χ3n) is 8.61. The maximum absolute atomic E-state index is 12.2. The maximum atomic E-state index is 12.2. The number of carbonyl (C=O) groups is 4.